The second kappa shape index (κ2) is 12.2. The summed E-state index contributed by atoms with van der Waals surface area (Å²) < 4.78 is 4.70. The van der Waals surface area contributed by atoms with Gasteiger partial charge in [-0.3, -0.25) is 4.79 Å². The number of carbonyl (C=O) groups is 1. The van der Waals surface area contributed by atoms with E-state index in [1.807, 2.05) is 6.92 Å². The average molecular weight is 267 g/mol. The van der Waals surface area contributed by atoms with Gasteiger partial charge in [0, 0.05) is 6.42 Å². The maximum atomic E-state index is 10.3. The molecule has 0 rings (SSSR count). The Hall–Kier alpha value is 0.489. The van der Waals surface area contributed by atoms with Crippen molar-refractivity contribution >= 4 is 35.8 Å². The normalized spacial score (nSPS) is 7.40. The molecule has 0 aliphatic rings. The van der Waals surface area contributed by atoms with Crippen molar-refractivity contribution in [2.45, 2.75) is 26.7 Å². The van der Waals surface area contributed by atoms with E-state index >= 15 is 0 Å². The van der Waals surface area contributed by atoms with Crippen molar-refractivity contribution in [1.82, 2.24) is 0 Å². The quantitative estimate of drug-likeness (QED) is 0.574. The van der Waals surface area contributed by atoms with Gasteiger partial charge in [0.15, 0.2) is 0 Å². The molecule has 0 aromatic heterocycles. The van der Waals surface area contributed by atoms with Crippen LogP contribution < -0.4 is 0 Å². The molecule has 0 aliphatic carbocycles. The van der Waals surface area contributed by atoms with Gasteiger partial charge in [-0.15, -0.1) is 0 Å². The molecule has 10 heavy (non-hydrogen) atoms. The molecule has 0 saturated carbocycles. The molecule has 0 amide bonds. The van der Waals surface area contributed by atoms with E-state index < -0.39 is 0 Å². The monoisotopic (exact) mass is 268 g/mol. The van der Waals surface area contributed by atoms with Crippen molar-refractivity contribution in [2.24, 2.45) is 0 Å². The first-order chi connectivity index (χ1) is 4.81. The first-order valence-corrected chi connectivity index (χ1v) is 7.07. The molecule has 0 saturated heterocycles. The number of carbonyl (C=O) groups excluding carboxylic acids is 1. The minimum absolute atomic E-state index is 0.105. The van der Waals surface area contributed by atoms with Crippen LogP contribution in [0, 0.1) is 0 Å². The predicted octanol–water partition coefficient (Wildman–Crippen LogP) is 1.62. The number of rotatable bonds is 3. The summed E-state index contributed by atoms with van der Waals surface area (Å²) in [7, 11) is 4.17. The van der Waals surface area contributed by atoms with Crippen molar-refractivity contribution in [1.29, 1.82) is 0 Å². The van der Waals surface area contributed by atoms with E-state index in [2.05, 4.69) is 9.29 Å². The van der Waals surface area contributed by atoms with Gasteiger partial charge in [-0.1, -0.05) is 13.8 Å². The predicted molar refractivity (Wildman–Crippen MR) is 44.9 cm³/mol. The molecule has 2 radical (unpaired) electrons. The standard InChI is InChI=1S/C6H12O2.S.Sn/c1-3-5-8-6(7)4-2;;/h3-5H2,1-2H3;;. The van der Waals surface area contributed by atoms with Crippen LogP contribution in [0.15, 0.2) is 0 Å². The topological polar surface area (TPSA) is 26.3 Å². The van der Waals surface area contributed by atoms with Crippen LogP contribution in [-0.2, 0) is 9.53 Å². The van der Waals surface area contributed by atoms with Crippen molar-refractivity contribution in [3.63, 3.8) is 0 Å². The molecule has 4 heteroatoms. The van der Waals surface area contributed by atoms with Crippen molar-refractivity contribution in [3.05, 3.63) is 0 Å². The Balaban J connectivity index is 0. The van der Waals surface area contributed by atoms with Gasteiger partial charge in [0.2, 0.25) is 0 Å². The van der Waals surface area contributed by atoms with Crippen LogP contribution in [0.3, 0.4) is 0 Å². The van der Waals surface area contributed by atoms with Crippen LogP contribution in [0.25, 0.3) is 0 Å². The fraction of sp³-hybridized carbons (Fsp3) is 0.833. The Labute approximate surface area is 78.6 Å². The van der Waals surface area contributed by atoms with Gasteiger partial charge in [-0.25, -0.2) is 0 Å². The molecule has 58 valence electrons. The molecule has 0 N–H and O–H groups in total. The van der Waals surface area contributed by atoms with E-state index in [1.165, 1.54) is 0 Å². The third-order valence-corrected chi connectivity index (χ3v) is 0.756. The van der Waals surface area contributed by atoms with E-state index in [-0.39, 0.29) is 5.97 Å². The van der Waals surface area contributed by atoms with E-state index in [0.717, 1.165) is 27.0 Å². The molecule has 0 bridgehead atoms. The number of hydrogen-bond acceptors (Lipinski definition) is 3. The Bertz CT molecular complexity index is 87.8. The summed E-state index contributed by atoms with van der Waals surface area (Å²) in [6.07, 6.45) is 1.39. The number of esters is 1. The second-order valence-corrected chi connectivity index (χ2v) is 1.57. The molecule has 0 aromatic rings. The summed E-state index contributed by atoms with van der Waals surface area (Å²) in [5.41, 5.74) is 0. The zero-order valence-electron chi connectivity index (χ0n) is 6.35. The van der Waals surface area contributed by atoms with Crippen molar-refractivity contribution in [2.75, 3.05) is 6.61 Å². The van der Waals surface area contributed by atoms with Gasteiger partial charge >= 0.3 is 35.8 Å². The van der Waals surface area contributed by atoms with E-state index in [9.17, 15) is 4.79 Å². The summed E-state index contributed by atoms with van der Waals surface area (Å²) >= 11 is 1.13. The molecule has 2 nitrogen and oxygen atoms in total. The van der Waals surface area contributed by atoms with E-state index in [4.69, 9.17) is 4.74 Å². The van der Waals surface area contributed by atoms with Crippen LogP contribution in [0.5, 0.6) is 0 Å². The average Bonchev–Trinajstić information content (AvgIpc) is 2.04. The van der Waals surface area contributed by atoms with Crippen LogP contribution in [0.2, 0.25) is 0 Å². The fourth-order valence-corrected chi connectivity index (χ4v) is 0.318. The summed E-state index contributed by atoms with van der Waals surface area (Å²) in [4.78, 5) is 10.3. The summed E-state index contributed by atoms with van der Waals surface area (Å²) in [6.45, 7) is 4.33. The third kappa shape index (κ3) is 11.3. The number of hydrogen-bond donors (Lipinski definition) is 0. The van der Waals surface area contributed by atoms with E-state index in [0.29, 0.717) is 13.0 Å². The van der Waals surface area contributed by atoms with Crippen LogP contribution >= 0.6 is 9.29 Å². The minimum atomic E-state index is -0.105. The first-order valence-electron chi connectivity index (χ1n) is 3.17. The van der Waals surface area contributed by atoms with Gasteiger partial charge in [-0.05, 0) is 6.42 Å². The first kappa shape index (κ1) is 13.1. The van der Waals surface area contributed by atoms with Crippen LogP contribution in [0.4, 0.5) is 0 Å². The molecular formula is C6H12O2SSn. The van der Waals surface area contributed by atoms with Gasteiger partial charge in [-0.2, -0.15) is 0 Å². The number of ether oxygens (including phenoxy) is 1. The molecule has 0 atom stereocenters. The van der Waals surface area contributed by atoms with Gasteiger partial charge in [0.05, 0.1) is 6.61 Å². The fourth-order valence-electron chi connectivity index (χ4n) is 0.318. The Morgan fingerprint density at radius 1 is 1.50 bits per heavy atom. The Morgan fingerprint density at radius 2 is 2.00 bits per heavy atom. The molecule has 0 unspecified atom stereocenters. The van der Waals surface area contributed by atoms with E-state index in [1.54, 1.807) is 6.92 Å². The summed E-state index contributed by atoms with van der Waals surface area (Å²) in [6, 6.07) is 0. The van der Waals surface area contributed by atoms with Gasteiger partial charge in [0.25, 0.3) is 0 Å². The molecular weight excluding hydrogens is 255 g/mol. The molecule has 0 heterocycles. The van der Waals surface area contributed by atoms with Crippen LogP contribution in [-0.4, -0.2) is 33.2 Å². The van der Waals surface area contributed by atoms with Crippen molar-refractivity contribution in [3.8, 4) is 0 Å². The second-order valence-electron chi connectivity index (χ2n) is 1.57. The maximum absolute atomic E-state index is 10.3. The van der Waals surface area contributed by atoms with Crippen molar-refractivity contribution < 1.29 is 9.53 Å². The zero-order valence-corrected chi connectivity index (χ0v) is 10.0. The Kier molecular flexibility index (Phi) is 16.0. The summed E-state index contributed by atoms with van der Waals surface area (Å²) in [5, 5.41) is 0. The third-order valence-electron chi connectivity index (χ3n) is 0.756. The van der Waals surface area contributed by atoms with Gasteiger partial charge in [0.1, 0.15) is 0 Å². The zero-order chi connectivity index (χ0) is 8.41. The van der Waals surface area contributed by atoms with Crippen LogP contribution in [0.1, 0.15) is 26.7 Å². The molecule has 0 aliphatic heterocycles. The SMILES string of the molecule is CCCOC(=O)CC.[S]=[Sn]. The molecule has 0 fully saturated rings. The summed E-state index contributed by atoms with van der Waals surface area (Å²) in [5.74, 6) is -0.105. The molecule has 0 spiro atoms. The molecule has 0 aromatic carbocycles. The Morgan fingerprint density at radius 3 is 2.30 bits per heavy atom. The van der Waals surface area contributed by atoms with Gasteiger partial charge < -0.3 is 4.74 Å².